The van der Waals surface area contributed by atoms with Crippen molar-refractivity contribution in [2.24, 2.45) is 0 Å². The van der Waals surface area contributed by atoms with Gasteiger partial charge in [-0.15, -0.1) is 0 Å². The lowest BCUT2D eigenvalue weighted by Crippen LogP contribution is -2.10. The molecule has 0 fully saturated rings. The van der Waals surface area contributed by atoms with Crippen LogP contribution < -0.4 is 0 Å². The van der Waals surface area contributed by atoms with Gasteiger partial charge in [0.1, 0.15) is 0 Å². The molecule has 4 heteroatoms. The van der Waals surface area contributed by atoms with Gasteiger partial charge in [-0.2, -0.15) is 5.10 Å². The Bertz CT molecular complexity index is 836. The van der Waals surface area contributed by atoms with Crippen molar-refractivity contribution in [3.8, 4) is 16.9 Å². The second-order valence-electron chi connectivity index (χ2n) is 6.37. The van der Waals surface area contributed by atoms with E-state index in [0.29, 0.717) is 0 Å². The summed E-state index contributed by atoms with van der Waals surface area (Å²) in [6.07, 6.45) is 2.03. The molecule has 1 heterocycles. The molecule has 124 valence electrons. The van der Waals surface area contributed by atoms with Gasteiger partial charge >= 0.3 is 0 Å². The van der Waals surface area contributed by atoms with Crippen molar-refractivity contribution < 1.29 is 5.11 Å². The van der Waals surface area contributed by atoms with Crippen LogP contribution in [0.4, 0.5) is 0 Å². The molecule has 0 unspecified atom stereocenters. The highest BCUT2D eigenvalue weighted by Crippen LogP contribution is 2.24. The van der Waals surface area contributed by atoms with E-state index in [9.17, 15) is 5.11 Å². The van der Waals surface area contributed by atoms with E-state index < -0.39 is 0 Å². The lowest BCUT2D eigenvalue weighted by atomic mass is 10.1. The number of hydrogen-bond acceptors (Lipinski definition) is 3. The first-order valence-electron chi connectivity index (χ1n) is 8.07. The molecule has 1 N–H and O–H groups in total. The third kappa shape index (κ3) is 3.55. The van der Waals surface area contributed by atoms with Gasteiger partial charge in [0.15, 0.2) is 0 Å². The first-order chi connectivity index (χ1) is 11.6. The number of rotatable bonds is 5. The third-order valence-corrected chi connectivity index (χ3v) is 3.95. The van der Waals surface area contributed by atoms with E-state index in [-0.39, 0.29) is 6.61 Å². The molecule has 0 saturated carbocycles. The summed E-state index contributed by atoms with van der Waals surface area (Å²) in [7, 11) is 4.14. The highest BCUT2D eigenvalue weighted by molar-refractivity contribution is 5.63. The maximum absolute atomic E-state index is 9.32. The molecule has 3 rings (SSSR count). The summed E-state index contributed by atoms with van der Waals surface area (Å²) in [5.74, 6) is 0. The zero-order valence-electron chi connectivity index (χ0n) is 14.4. The van der Waals surface area contributed by atoms with Gasteiger partial charge < -0.3 is 10.0 Å². The Labute approximate surface area is 143 Å². The maximum atomic E-state index is 9.32. The van der Waals surface area contributed by atoms with Gasteiger partial charge in [0.25, 0.3) is 0 Å². The van der Waals surface area contributed by atoms with E-state index >= 15 is 0 Å². The second-order valence-corrected chi connectivity index (χ2v) is 6.37. The molecule has 0 radical (unpaired) electrons. The summed E-state index contributed by atoms with van der Waals surface area (Å²) in [5, 5.41) is 14.1. The number of hydrogen-bond donors (Lipinski definition) is 1. The van der Waals surface area contributed by atoms with Crippen LogP contribution in [0.25, 0.3) is 16.9 Å². The summed E-state index contributed by atoms with van der Waals surface area (Å²) < 4.78 is 1.88. The molecule has 4 nitrogen and oxygen atoms in total. The predicted octanol–water partition coefficient (Wildman–Crippen LogP) is 3.40. The average molecular weight is 321 g/mol. The zero-order valence-corrected chi connectivity index (χ0v) is 14.4. The Morgan fingerprint density at radius 2 is 1.79 bits per heavy atom. The highest BCUT2D eigenvalue weighted by Gasteiger charge is 2.10. The summed E-state index contributed by atoms with van der Waals surface area (Å²) in [6, 6.07) is 16.3. The molecule has 0 atom stereocenters. The zero-order chi connectivity index (χ0) is 17.1. The monoisotopic (exact) mass is 321 g/mol. The molecule has 0 aliphatic heterocycles. The van der Waals surface area contributed by atoms with Crippen LogP contribution in [0.1, 0.15) is 16.7 Å². The van der Waals surface area contributed by atoms with Crippen LogP contribution in [0, 0.1) is 6.92 Å². The van der Waals surface area contributed by atoms with Gasteiger partial charge in [-0.05, 0) is 55.9 Å². The number of nitrogens with zero attached hydrogens (tertiary/aromatic N) is 3. The van der Waals surface area contributed by atoms with Gasteiger partial charge in [-0.25, -0.2) is 4.68 Å². The fraction of sp³-hybridized carbons (Fsp3) is 0.250. The Balaban J connectivity index is 1.97. The molecule has 0 bridgehead atoms. The fourth-order valence-electron chi connectivity index (χ4n) is 2.86. The third-order valence-electron chi connectivity index (χ3n) is 3.95. The van der Waals surface area contributed by atoms with Gasteiger partial charge in [0.2, 0.25) is 0 Å². The minimum absolute atomic E-state index is 0.0352. The van der Waals surface area contributed by atoms with Crippen LogP contribution >= 0.6 is 0 Å². The van der Waals surface area contributed by atoms with E-state index in [0.717, 1.165) is 34.6 Å². The minimum atomic E-state index is 0.0352. The highest BCUT2D eigenvalue weighted by atomic mass is 16.3. The topological polar surface area (TPSA) is 41.3 Å². The SMILES string of the molecule is Cc1cn(-c2cccc(CO)c2)nc1-c1cccc(CN(C)C)c1. The Morgan fingerprint density at radius 1 is 1.04 bits per heavy atom. The summed E-state index contributed by atoms with van der Waals surface area (Å²) >= 11 is 0. The normalized spacial score (nSPS) is 11.2. The molecule has 1 aromatic heterocycles. The quantitative estimate of drug-likeness (QED) is 0.783. The Morgan fingerprint density at radius 3 is 2.54 bits per heavy atom. The summed E-state index contributed by atoms with van der Waals surface area (Å²) in [6.45, 7) is 3.02. The van der Waals surface area contributed by atoms with E-state index in [1.807, 2.05) is 35.1 Å². The first kappa shape index (κ1) is 16.4. The fourth-order valence-corrected chi connectivity index (χ4v) is 2.86. The van der Waals surface area contributed by atoms with Crippen molar-refractivity contribution in [3.05, 3.63) is 71.4 Å². The van der Waals surface area contributed by atoms with Crippen molar-refractivity contribution in [3.63, 3.8) is 0 Å². The van der Waals surface area contributed by atoms with Crippen molar-refractivity contribution in [2.45, 2.75) is 20.1 Å². The first-order valence-corrected chi connectivity index (χ1v) is 8.07. The van der Waals surface area contributed by atoms with Crippen LogP contribution in [0.15, 0.2) is 54.7 Å². The van der Waals surface area contributed by atoms with Crippen molar-refractivity contribution in [2.75, 3.05) is 14.1 Å². The summed E-state index contributed by atoms with van der Waals surface area (Å²) in [4.78, 5) is 2.16. The van der Waals surface area contributed by atoms with Gasteiger partial charge in [-0.3, -0.25) is 0 Å². The molecule has 3 aromatic rings. The number of aliphatic hydroxyl groups excluding tert-OH is 1. The van der Waals surface area contributed by atoms with Crippen LogP contribution in [0.5, 0.6) is 0 Å². The molecular formula is C20H23N3O. The number of aromatic nitrogens is 2. The van der Waals surface area contributed by atoms with Crippen LogP contribution in [0.2, 0.25) is 0 Å². The van der Waals surface area contributed by atoms with E-state index in [1.165, 1.54) is 5.56 Å². The van der Waals surface area contributed by atoms with Crippen molar-refractivity contribution in [1.82, 2.24) is 14.7 Å². The van der Waals surface area contributed by atoms with Gasteiger partial charge in [-0.1, -0.05) is 30.3 Å². The van der Waals surface area contributed by atoms with Crippen molar-refractivity contribution in [1.29, 1.82) is 0 Å². The number of aryl methyl sites for hydroxylation is 1. The van der Waals surface area contributed by atoms with Crippen LogP contribution in [-0.4, -0.2) is 33.9 Å². The molecule has 0 aliphatic rings. The van der Waals surface area contributed by atoms with E-state index in [1.54, 1.807) is 0 Å². The lowest BCUT2D eigenvalue weighted by molar-refractivity contribution is 0.282. The number of benzene rings is 2. The second kappa shape index (κ2) is 6.99. The average Bonchev–Trinajstić information content (AvgIpc) is 2.96. The lowest BCUT2D eigenvalue weighted by Gasteiger charge is -2.10. The van der Waals surface area contributed by atoms with Gasteiger partial charge in [0.05, 0.1) is 18.0 Å². The largest absolute Gasteiger partial charge is 0.392 e. The molecular weight excluding hydrogens is 298 g/mol. The van der Waals surface area contributed by atoms with Crippen molar-refractivity contribution >= 4 is 0 Å². The predicted molar refractivity (Wildman–Crippen MR) is 97.1 cm³/mol. The Hall–Kier alpha value is -2.43. The molecule has 0 spiro atoms. The van der Waals surface area contributed by atoms with Crippen LogP contribution in [0.3, 0.4) is 0 Å². The van der Waals surface area contributed by atoms with E-state index in [4.69, 9.17) is 5.10 Å². The molecule has 0 saturated heterocycles. The molecule has 0 aliphatic carbocycles. The smallest absolute Gasteiger partial charge is 0.0956 e. The standard InChI is InChI=1S/C20H23N3O/c1-15-12-23(19-9-5-7-17(11-19)14-24)21-20(15)18-8-4-6-16(10-18)13-22(2)3/h4-12,24H,13-14H2,1-3H3. The van der Waals surface area contributed by atoms with Gasteiger partial charge in [0, 0.05) is 18.3 Å². The Kier molecular flexibility index (Phi) is 4.79. The minimum Gasteiger partial charge on any atom is -0.392 e. The molecule has 0 amide bonds. The molecule has 2 aromatic carbocycles. The maximum Gasteiger partial charge on any atom is 0.0956 e. The summed E-state index contributed by atoms with van der Waals surface area (Å²) in [5.41, 5.74) is 6.37. The number of aliphatic hydroxyl groups is 1. The molecule has 24 heavy (non-hydrogen) atoms. The van der Waals surface area contributed by atoms with E-state index in [2.05, 4.69) is 50.2 Å². The van der Waals surface area contributed by atoms with Crippen LogP contribution in [-0.2, 0) is 13.2 Å².